The van der Waals surface area contributed by atoms with Gasteiger partial charge in [-0.25, -0.2) is 8.42 Å². The van der Waals surface area contributed by atoms with Gasteiger partial charge in [0.1, 0.15) is 0 Å². The zero-order valence-electron chi connectivity index (χ0n) is 14.7. The third-order valence-corrected chi connectivity index (χ3v) is 5.37. The van der Waals surface area contributed by atoms with Gasteiger partial charge in [-0.05, 0) is 43.0 Å². The van der Waals surface area contributed by atoms with Crippen molar-refractivity contribution in [2.75, 3.05) is 17.8 Å². The Morgan fingerprint density at radius 2 is 1.73 bits per heavy atom. The molecule has 0 bridgehead atoms. The smallest absolute Gasteiger partial charge is 0.256 e. The van der Waals surface area contributed by atoms with Crippen molar-refractivity contribution in [1.29, 1.82) is 0 Å². The minimum Gasteiger partial charge on any atom is -0.339 e. The number of benzene rings is 2. The number of anilines is 1. The summed E-state index contributed by atoms with van der Waals surface area (Å²) in [4.78, 5) is 14.6. The van der Waals surface area contributed by atoms with Crippen LogP contribution in [0, 0.1) is 6.92 Å². The fourth-order valence-corrected chi connectivity index (χ4v) is 3.92. The first-order valence-corrected chi connectivity index (χ1v) is 10.2. The second kappa shape index (κ2) is 7.74. The lowest BCUT2D eigenvalue weighted by Crippen LogP contribution is -2.29. The summed E-state index contributed by atoms with van der Waals surface area (Å²) in [6.07, 6.45) is 3.50. The number of sulfonamides is 1. The third-order valence-electron chi connectivity index (χ3n) is 4.37. The Morgan fingerprint density at radius 1 is 1.04 bits per heavy atom. The van der Waals surface area contributed by atoms with E-state index in [9.17, 15) is 13.2 Å². The summed E-state index contributed by atoms with van der Waals surface area (Å²) in [5, 5.41) is 1.12. The number of hydrogen-bond acceptors (Lipinski definition) is 3. The number of likely N-dealkylation sites (tertiary alicyclic amines) is 1. The molecule has 0 saturated carbocycles. The van der Waals surface area contributed by atoms with Crippen molar-refractivity contribution in [3.63, 3.8) is 0 Å². The van der Waals surface area contributed by atoms with Gasteiger partial charge in [-0.2, -0.15) is 0 Å². The van der Waals surface area contributed by atoms with Gasteiger partial charge in [0.2, 0.25) is 0 Å². The lowest BCUT2D eigenvalue weighted by molar-refractivity contribution is 0.0793. The van der Waals surface area contributed by atoms with Gasteiger partial charge < -0.3 is 4.90 Å². The molecule has 0 spiro atoms. The van der Waals surface area contributed by atoms with Crippen LogP contribution in [0.25, 0.3) is 6.08 Å². The summed E-state index contributed by atoms with van der Waals surface area (Å²) in [7, 11) is -3.73. The van der Waals surface area contributed by atoms with Crippen LogP contribution >= 0.6 is 0 Å². The largest absolute Gasteiger partial charge is 0.339 e. The van der Waals surface area contributed by atoms with E-state index >= 15 is 0 Å². The van der Waals surface area contributed by atoms with Gasteiger partial charge in [0.15, 0.2) is 0 Å². The summed E-state index contributed by atoms with van der Waals surface area (Å²) < 4.78 is 27.5. The molecule has 26 heavy (non-hydrogen) atoms. The molecular weight excluding hydrogens is 348 g/mol. The molecule has 1 saturated heterocycles. The van der Waals surface area contributed by atoms with E-state index in [0.717, 1.165) is 29.4 Å². The summed E-state index contributed by atoms with van der Waals surface area (Å²) in [5.74, 6) is -0.120. The molecule has 136 valence electrons. The van der Waals surface area contributed by atoms with E-state index in [4.69, 9.17) is 0 Å². The van der Waals surface area contributed by atoms with Gasteiger partial charge in [0.05, 0.1) is 16.7 Å². The molecule has 1 heterocycles. The molecule has 0 aliphatic carbocycles. The number of hydrogen-bond donors (Lipinski definition) is 1. The standard InChI is InChI=1S/C20H22N2O3S/c1-16-8-7-11-18(19(16)20(23)22-13-5-6-14-22)21-26(24,25)15-12-17-9-3-2-4-10-17/h2-4,7-12,15,21H,5-6,13-14H2,1H3/b15-12+. The zero-order valence-corrected chi connectivity index (χ0v) is 15.5. The van der Waals surface area contributed by atoms with Gasteiger partial charge in [-0.1, -0.05) is 42.5 Å². The number of rotatable bonds is 5. The number of nitrogens with one attached hydrogen (secondary N) is 1. The van der Waals surface area contributed by atoms with Gasteiger partial charge in [-0.3, -0.25) is 9.52 Å². The highest BCUT2D eigenvalue weighted by molar-refractivity contribution is 7.95. The Labute approximate surface area is 154 Å². The number of aryl methyl sites for hydroxylation is 1. The minimum atomic E-state index is -3.73. The van der Waals surface area contributed by atoms with Crippen molar-refractivity contribution in [3.05, 3.63) is 70.6 Å². The van der Waals surface area contributed by atoms with Crippen molar-refractivity contribution in [2.24, 2.45) is 0 Å². The minimum absolute atomic E-state index is 0.120. The van der Waals surface area contributed by atoms with Crippen LogP contribution in [0.5, 0.6) is 0 Å². The molecule has 1 N–H and O–H groups in total. The lowest BCUT2D eigenvalue weighted by atomic mass is 10.1. The van der Waals surface area contributed by atoms with Crippen LogP contribution in [0.3, 0.4) is 0 Å². The predicted octanol–water partition coefficient (Wildman–Crippen LogP) is 3.64. The SMILES string of the molecule is Cc1cccc(NS(=O)(=O)/C=C/c2ccccc2)c1C(=O)N1CCCC1. The van der Waals surface area contributed by atoms with Crippen LogP contribution in [0.2, 0.25) is 0 Å². The number of amides is 1. The fraction of sp³-hybridized carbons (Fsp3) is 0.250. The summed E-state index contributed by atoms with van der Waals surface area (Å²) in [6.45, 7) is 3.25. The second-order valence-corrected chi connectivity index (χ2v) is 7.92. The van der Waals surface area contributed by atoms with Crippen LogP contribution < -0.4 is 4.72 Å². The number of carbonyl (C=O) groups is 1. The molecule has 5 nitrogen and oxygen atoms in total. The molecule has 2 aromatic carbocycles. The molecule has 1 fully saturated rings. The Hall–Kier alpha value is -2.60. The average Bonchev–Trinajstić information content (AvgIpc) is 3.15. The first-order valence-electron chi connectivity index (χ1n) is 8.61. The van der Waals surface area contributed by atoms with E-state index < -0.39 is 10.0 Å². The van der Waals surface area contributed by atoms with Gasteiger partial charge in [0, 0.05) is 13.1 Å². The van der Waals surface area contributed by atoms with Crippen LogP contribution in [0.4, 0.5) is 5.69 Å². The number of nitrogens with zero attached hydrogens (tertiary/aromatic N) is 1. The summed E-state index contributed by atoms with van der Waals surface area (Å²) in [5.41, 5.74) is 2.29. The average molecular weight is 370 g/mol. The summed E-state index contributed by atoms with van der Waals surface area (Å²) >= 11 is 0. The Kier molecular flexibility index (Phi) is 5.42. The molecular formula is C20H22N2O3S. The Bertz CT molecular complexity index is 915. The van der Waals surface area contributed by atoms with E-state index in [1.807, 2.05) is 43.3 Å². The maximum Gasteiger partial charge on any atom is 0.256 e. The van der Waals surface area contributed by atoms with Crippen LogP contribution in [0.15, 0.2) is 53.9 Å². The normalized spacial score (nSPS) is 14.7. The van der Waals surface area contributed by atoms with Crippen molar-refractivity contribution in [1.82, 2.24) is 4.90 Å². The van der Waals surface area contributed by atoms with E-state index in [2.05, 4.69) is 4.72 Å². The molecule has 1 amide bonds. The van der Waals surface area contributed by atoms with E-state index in [-0.39, 0.29) is 5.91 Å². The monoisotopic (exact) mass is 370 g/mol. The van der Waals surface area contributed by atoms with E-state index in [1.54, 1.807) is 17.0 Å². The van der Waals surface area contributed by atoms with Crippen molar-refractivity contribution < 1.29 is 13.2 Å². The Morgan fingerprint density at radius 3 is 2.42 bits per heavy atom. The van der Waals surface area contributed by atoms with E-state index in [1.165, 1.54) is 6.08 Å². The van der Waals surface area contributed by atoms with Gasteiger partial charge in [-0.15, -0.1) is 0 Å². The molecule has 2 aromatic rings. The molecule has 1 aliphatic rings. The third kappa shape index (κ3) is 4.32. The van der Waals surface area contributed by atoms with Crippen LogP contribution in [-0.4, -0.2) is 32.3 Å². The highest BCUT2D eigenvalue weighted by atomic mass is 32.2. The molecule has 0 aromatic heterocycles. The maximum absolute atomic E-state index is 12.8. The molecule has 0 unspecified atom stereocenters. The maximum atomic E-state index is 12.8. The van der Waals surface area contributed by atoms with Gasteiger partial charge >= 0.3 is 0 Å². The summed E-state index contributed by atoms with van der Waals surface area (Å²) in [6, 6.07) is 14.4. The van der Waals surface area contributed by atoms with Crippen LogP contribution in [0.1, 0.15) is 34.3 Å². The first kappa shape index (κ1) is 18.2. The van der Waals surface area contributed by atoms with Crippen molar-refractivity contribution in [2.45, 2.75) is 19.8 Å². The molecule has 0 atom stereocenters. The topological polar surface area (TPSA) is 66.5 Å². The molecule has 6 heteroatoms. The fourth-order valence-electron chi connectivity index (χ4n) is 3.03. The Balaban J connectivity index is 1.86. The zero-order chi connectivity index (χ0) is 18.6. The van der Waals surface area contributed by atoms with Crippen LogP contribution in [-0.2, 0) is 10.0 Å². The predicted molar refractivity (Wildman–Crippen MR) is 104 cm³/mol. The first-order chi connectivity index (χ1) is 12.5. The van der Waals surface area contributed by atoms with Crippen molar-refractivity contribution >= 4 is 27.7 Å². The molecule has 0 radical (unpaired) electrons. The number of carbonyl (C=O) groups excluding carboxylic acids is 1. The molecule has 3 rings (SSSR count). The highest BCUT2D eigenvalue weighted by Gasteiger charge is 2.24. The van der Waals surface area contributed by atoms with E-state index in [0.29, 0.717) is 24.3 Å². The van der Waals surface area contributed by atoms with Gasteiger partial charge in [0.25, 0.3) is 15.9 Å². The second-order valence-electron chi connectivity index (χ2n) is 6.36. The quantitative estimate of drug-likeness (QED) is 0.874. The van der Waals surface area contributed by atoms with Crippen molar-refractivity contribution in [3.8, 4) is 0 Å². The molecule has 1 aliphatic heterocycles. The lowest BCUT2D eigenvalue weighted by Gasteiger charge is -2.19. The highest BCUT2D eigenvalue weighted by Crippen LogP contribution is 2.24.